The summed E-state index contributed by atoms with van der Waals surface area (Å²) in [5, 5.41) is 0. The van der Waals surface area contributed by atoms with Crippen LogP contribution in [0.2, 0.25) is 0 Å². The minimum absolute atomic E-state index is 0.0103. The van der Waals surface area contributed by atoms with Crippen LogP contribution < -0.4 is 4.72 Å². The van der Waals surface area contributed by atoms with E-state index in [1.807, 2.05) is 0 Å². The average Bonchev–Trinajstić information content (AvgIpc) is 2.80. The van der Waals surface area contributed by atoms with Crippen molar-refractivity contribution in [2.24, 2.45) is 0 Å². The summed E-state index contributed by atoms with van der Waals surface area (Å²) < 4.78 is 44.1. The molecule has 1 N–H and O–H groups in total. The molecule has 0 aliphatic carbocycles. The van der Waals surface area contributed by atoms with Crippen LogP contribution in [0, 0.1) is 5.82 Å². The van der Waals surface area contributed by atoms with Crippen LogP contribution in [0.4, 0.5) is 4.39 Å². The molecule has 0 radical (unpaired) electrons. The molecule has 2 rings (SSSR count). The Labute approximate surface area is 98.1 Å². The highest BCUT2D eigenvalue weighted by Crippen LogP contribution is 2.13. The highest BCUT2D eigenvalue weighted by molar-refractivity contribution is 7.89. The van der Waals surface area contributed by atoms with Gasteiger partial charge in [-0.25, -0.2) is 17.5 Å². The number of benzene rings is 1. The van der Waals surface area contributed by atoms with E-state index in [2.05, 4.69) is 4.72 Å². The predicted molar refractivity (Wildman–Crippen MR) is 59.1 cm³/mol. The maximum Gasteiger partial charge on any atom is 0.243 e. The zero-order chi connectivity index (χ0) is 12.3. The molecule has 0 unspecified atom stereocenters. The van der Waals surface area contributed by atoms with E-state index in [-0.39, 0.29) is 11.4 Å². The molecule has 0 bridgehead atoms. The Morgan fingerprint density at radius 2 is 1.94 bits per heavy atom. The van der Waals surface area contributed by atoms with E-state index < -0.39 is 15.8 Å². The van der Waals surface area contributed by atoms with Gasteiger partial charge in [-0.1, -0.05) is 12.1 Å². The second-order valence-corrected chi connectivity index (χ2v) is 5.07. The molecule has 90 valence electrons. The number of furan rings is 1. The summed E-state index contributed by atoms with van der Waals surface area (Å²) in [5.41, 5.74) is 0. The van der Waals surface area contributed by atoms with Gasteiger partial charge in [-0.3, -0.25) is 0 Å². The molecular formula is C11H10FNO3S. The van der Waals surface area contributed by atoms with Crippen molar-refractivity contribution < 1.29 is 17.2 Å². The smallest absolute Gasteiger partial charge is 0.243 e. The first-order valence-corrected chi connectivity index (χ1v) is 6.34. The Morgan fingerprint density at radius 3 is 2.59 bits per heavy atom. The maximum atomic E-state index is 13.3. The lowest BCUT2D eigenvalue weighted by Gasteiger charge is -2.05. The third-order valence-corrected chi connectivity index (χ3v) is 3.58. The van der Waals surface area contributed by atoms with Crippen LogP contribution in [0.15, 0.2) is 52.0 Å². The van der Waals surface area contributed by atoms with E-state index in [1.165, 1.54) is 24.5 Å². The normalized spacial score (nSPS) is 11.6. The molecule has 4 nitrogen and oxygen atoms in total. The van der Waals surface area contributed by atoms with Crippen LogP contribution in [0.3, 0.4) is 0 Å². The highest BCUT2D eigenvalue weighted by atomic mass is 32.2. The van der Waals surface area contributed by atoms with Crippen molar-refractivity contribution >= 4 is 10.0 Å². The van der Waals surface area contributed by atoms with Gasteiger partial charge in [0.15, 0.2) is 0 Å². The molecule has 0 spiro atoms. The highest BCUT2D eigenvalue weighted by Gasteiger charge is 2.18. The molecule has 0 amide bonds. The van der Waals surface area contributed by atoms with Crippen molar-refractivity contribution in [2.75, 3.05) is 0 Å². The van der Waals surface area contributed by atoms with Crippen LogP contribution in [0.1, 0.15) is 5.76 Å². The Balaban J connectivity index is 2.17. The maximum absolute atomic E-state index is 13.3. The molecule has 0 saturated carbocycles. The molecule has 1 aromatic carbocycles. The van der Waals surface area contributed by atoms with Crippen molar-refractivity contribution in [1.82, 2.24) is 4.72 Å². The fraction of sp³-hybridized carbons (Fsp3) is 0.0909. The van der Waals surface area contributed by atoms with E-state index in [0.717, 1.165) is 6.07 Å². The first-order chi connectivity index (χ1) is 8.09. The fourth-order valence-corrected chi connectivity index (χ4v) is 2.39. The van der Waals surface area contributed by atoms with Gasteiger partial charge in [0, 0.05) is 0 Å². The average molecular weight is 255 g/mol. The van der Waals surface area contributed by atoms with E-state index in [1.54, 1.807) is 12.1 Å². The van der Waals surface area contributed by atoms with Gasteiger partial charge in [-0.05, 0) is 24.3 Å². The summed E-state index contributed by atoms with van der Waals surface area (Å²) in [6, 6.07) is 8.48. The van der Waals surface area contributed by atoms with Crippen LogP contribution in [0.5, 0.6) is 0 Å². The SMILES string of the molecule is O=S(=O)(NCc1ccco1)c1ccccc1F. The molecular weight excluding hydrogens is 245 g/mol. The largest absolute Gasteiger partial charge is 0.468 e. The summed E-state index contributed by atoms with van der Waals surface area (Å²) >= 11 is 0. The Kier molecular flexibility index (Phi) is 3.26. The number of nitrogens with one attached hydrogen (secondary N) is 1. The van der Waals surface area contributed by atoms with E-state index >= 15 is 0 Å². The molecule has 6 heteroatoms. The van der Waals surface area contributed by atoms with Crippen LogP contribution in [-0.4, -0.2) is 8.42 Å². The van der Waals surface area contributed by atoms with E-state index in [4.69, 9.17) is 4.42 Å². The topological polar surface area (TPSA) is 59.3 Å². The van der Waals surface area contributed by atoms with E-state index in [0.29, 0.717) is 5.76 Å². The number of halogens is 1. The number of rotatable bonds is 4. The van der Waals surface area contributed by atoms with Gasteiger partial charge in [-0.2, -0.15) is 0 Å². The third kappa shape index (κ3) is 2.72. The molecule has 1 heterocycles. The molecule has 0 aliphatic heterocycles. The first-order valence-electron chi connectivity index (χ1n) is 4.86. The third-order valence-electron chi connectivity index (χ3n) is 2.14. The Hall–Kier alpha value is -1.66. The van der Waals surface area contributed by atoms with Crippen molar-refractivity contribution in [2.45, 2.75) is 11.4 Å². The molecule has 2 aromatic rings. The van der Waals surface area contributed by atoms with Gasteiger partial charge < -0.3 is 4.42 Å². The standard InChI is InChI=1S/C11H10FNO3S/c12-10-5-1-2-6-11(10)17(14,15)13-8-9-4-3-7-16-9/h1-7,13H,8H2. The van der Waals surface area contributed by atoms with Gasteiger partial charge in [0.05, 0.1) is 12.8 Å². The predicted octanol–water partition coefficient (Wildman–Crippen LogP) is 1.90. The van der Waals surface area contributed by atoms with Crippen LogP contribution in [0.25, 0.3) is 0 Å². The van der Waals surface area contributed by atoms with Crippen molar-refractivity contribution in [3.63, 3.8) is 0 Å². The summed E-state index contributed by atoms with van der Waals surface area (Å²) in [6.07, 6.45) is 1.44. The quantitative estimate of drug-likeness (QED) is 0.907. The first kappa shape index (κ1) is 11.8. The van der Waals surface area contributed by atoms with Crippen LogP contribution >= 0.6 is 0 Å². The molecule has 0 saturated heterocycles. The zero-order valence-electron chi connectivity index (χ0n) is 8.76. The zero-order valence-corrected chi connectivity index (χ0v) is 9.58. The molecule has 17 heavy (non-hydrogen) atoms. The summed E-state index contributed by atoms with van der Waals surface area (Å²) in [5.74, 6) is -0.315. The lowest BCUT2D eigenvalue weighted by Crippen LogP contribution is -2.23. The number of hydrogen-bond donors (Lipinski definition) is 1. The van der Waals surface area contributed by atoms with Gasteiger partial charge in [-0.15, -0.1) is 0 Å². The fourth-order valence-electron chi connectivity index (χ4n) is 1.32. The van der Waals surface area contributed by atoms with Gasteiger partial charge in [0.25, 0.3) is 0 Å². The summed E-state index contributed by atoms with van der Waals surface area (Å²) in [7, 11) is -3.85. The van der Waals surface area contributed by atoms with Gasteiger partial charge >= 0.3 is 0 Å². The minimum atomic E-state index is -3.85. The molecule has 0 atom stereocenters. The van der Waals surface area contributed by atoms with Gasteiger partial charge in [0.2, 0.25) is 10.0 Å². The second kappa shape index (κ2) is 4.68. The molecule has 1 aromatic heterocycles. The van der Waals surface area contributed by atoms with Crippen molar-refractivity contribution in [1.29, 1.82) is 0 Å². The van der Waals surface area contributed by atoms with Gasteiger partial charge in [0.1, 0.15) is 16.5 Å². The number of hydrogen-bond acceptors (Lipinski definition) is 3. The second-order valence-electron chi connectivity index (χ2n) is 3.33. The molecule has 0 fully saturated rings. The molecule has 0 aliphatic rings. The summed E-state index contributed by atoms with van der Waals surface area (Å²) in [4.78, 5) is -0.369. The Morgan fingerprint density at radius 1 is 1.18 bits per heavy atom. The van der Waals surface area contributed by atoms with E-state index in [9.17, 15) is 12.8 Å². The minimum Gasteiger partial charge on any atom is -0.468 e. The Bertz CT molecular complexity index is 593. The van der Waals surface area contributed by atoms with Crippen molar-refractivity contribution in [3.05, 3.63) is 54.2 Å². The van der Waals surface area contributed by atoms with Crippen molar-refractivity contribution in [3.8, 4) is 0 Å². The lowest BCUT2D eigenvalue weighted by atomic mass is 10.4. The number of sulfonamides is 1. The van der Waals surface area contributed by atoms with Crippen LogP contribution in [-0.2, 0) is 16.6 Å². The summed E-state index contributed by atoms with van der Waals surface area (Å²) in [6.45, 7) is -0.0103. The lowest BCUT2D eigenvalue weighted by molar-refractivity contribution is 0.497. The monoisotopic (exact) mass is 255 g/mol.